The Hall–Kier alpha value is -0.900. The summed E-state index contributed by atoms with van der Waals surface area (Å²) in [4.78, 5) is 0. The number of nitrogens with two attached hydrogens (primary N) is 1. The van der Waals surface area contributed by atoms with Gasteiger partial charge in [-0.3, -0.25) is 0 Å². The van der Waals surface area contributed by atoms with Crippen LogP contribution in [0.4, 0.5) is 11.6 Å². The minimum atomic E-state index is 0.226. The first-order valence-electron chi connectivity index (χ1n) is 3.79. The third kappa shape index (κ3) is 1.34. The molecular formula is C7H13ClN4. The Morgan fingerprint density at radius 2 is 2.17 bits per heavy atom. The van der Waals surface area contributed by atoms with E-state index in [4.69, 9.17) is 17.3 Å². The lowest BCUT2D eigenvalue weighted by atomic mass is 10.4. The number of nitrogen functional groups attached to an aromatic ring is 1. The molecule has 0 aliphatic rings. The summed E-state index contributed by atoms with van der Waals surface area (Å²) in [7, 11) is 1.76. The first-order valence-corrected chi connectivity index (χ1v) is 4.17. The lowest BCUT2D eigenvalue weighted by molar-refractivity contribution is 0.542. The van der Waals surface area contributed by atoms with Gasteiger partial charge < -0.3 is 11.1 Å². The van der Waals surface area contributed by atoms with E-state index < -0.39 is 0 Å². The van der Waals surface area contributed by atoms with E-state index in [0.717, 1.165) is 0 Å². The van der Waals surface area contributed by atoms with Crippen molar-refractivity contribution in [1.29, 1.82) is 0 Å². The zero-order valence-corrected chi connectivity index (χ0v) is 8.18. The molecule has 0 atom stereocenters. The number of aromatic nitrogens is 2. The normalized spacial score (nSPS) is 10.8. The molecule has 5 heteroatoms. The Morgan fingerprint density at radius 3 is 2.42 bits per heavy atom. The first kappa shape index (κ1) is 9.19. The van der Waals surface area contributed by atoms with Crippen LogP contribution >= 0.6 is 11.6 Å². The minimum absolute atomic E-state index is 0.226. The third-order valence-electron chi connectivity index (χ3n) is 1.61. The average molecular weight is 189 g/mol. The molecule has 0 spiro atoms. The van der Waals surface area contributed by atoms with E-state index in [1.54, 1.807) is 11.7 Å². The number of rotatable bonds is 2. The van der Waals surface area contributed by atoms with E-state index in [-0.39, 0.29) is 6.04 Å². The van der Waals surface area contributed by atoms with Crippen molar-refractivity contribution < 1.29 is 0 Å². The van der Waals surface area contributed by atoms with Gasteiger partial charge in [-0.1, -0.05) is 11.6 Å². The Morgan fingerprint density at radius 1 is 1.58 bits per heavy atom. The topological polar surface area (TPSA) is 55.9 Å². The summed E-state index contributed by atoms with van der Waals surface area (Å²) in [6.45, 7) is 4.00. The van der Waals surface area contributed by atoms with Crippen molar-refractivity contribution in [1.82, 2.24) is 9.78 Å². The fraction of sp³-hybridized carbons (Fsp3) is 0.571. The summed E-state index contributed by atoms with van der Waals surface area (Å²) in [6, 6.07) is 0.226. The van der Waals surface area contributed by atoms with Crippen molar-refractivity contribution in [2.45, 2.75) is 19.9 Å². The van der Waals surface area contributed by atoms with Crippen LogP contribution in [0, 0.1) is 0 Å². The number of hydrogen-bond acceptors (Lipinski definition) is 3. The van der Waals surface area contributed by atoms with Gasteiger partial charge in [0.15, 0.2) is 5.82 Å². The van der Waals surface area contributed by atoms with Gasteiger partial charge in [-0.25, -0.2) is 4.68 Å². The van der Waals surface area contributed by atoms with Crippen LogP contribution in [0.3, 0.4) is 0 Å². The zero-order valence-electron chi connectivity index (χ0n) is 7.43. The lowest BCUT2D eigenvalue weighted by Gasteiger charge is -2.06. The largest absolute Gasteiger partial charge is 0.383 e. The zero-order chi connectivity index (χ0) is 9.30. The monoisotopic (exact) mass is 188 g/mol. The second kappa shape index (κ2) is 3.23. The Balaban J connectivity index is 3.16. The van der Waals surface area contributed by atoms with Crippen LogP contribution in [0.2, 0.25) is 5.02 Å². The molecule has 4 nitrogen and oxygen atoms in total. The number of hydrogen-bond donors (Lipinski definition) is 2. The van der Waals surface area contributed by atoms with E-state index in [2.05, 4.69) is 10.4 Å². The van der Waals surface area contributed by atoms with Crippen molar-refractivity contribution >= 4 is 23.2 Å². The fourth-order valence-electron chi connectivity index (χ4n) is 0.981. The predicted octanol–water partition coefficient (Wildman–Crippen LogP) is 1.74. The second-order valence-corrected chi connectivity index (χ2v) is 3.21. The van der Waals surface area contributed by atoms with E-state index in [1.807, 2.05) is 13.8 Å². The Labute approximate surface area is 76.7 Å². The maximum absolute atomic E-state index is 5.89. The van der Waals surface area contributed by atoms with Gasteiger partial charge in [-0.2, -0.15) is 5.10 Å². The first-order chi connectivity index (χ1) is 5.57. The van der Waals surface area contributed by atoms with Gasteiger partial charge >= 0.3 is 0 Å². The minimum Gasteiger partial charge on any atom is -0.383 e. The highest BCUT2D eigenvalue weighted by Crippen LogP contribution is 2.28. The highest BCUT2D eigenvalue weighted by molar-refractivity contribution is 6.35. The SMILES string of the molecule is CNc1nn(C(C)C)c(N)c1Cl. The molecule has 0 aliphatic heterocycles. The maximum Gasteiger partial charge on any atom is 0.168 e. The summed E-state index contributed by atoms with van der Waals surface area (Å²) >= 11 is 5.89. The van der Waals surface area contributed by atoms with Crippen LogP contribution in [0.5, 0.6) is 0 Å². The summed E-state index contributed by atoms with van der Waals surface area (Å²) in [5.74, 6) is 1.14. The molecule has 0 unspecified atom stereocenters. The standard InChI is InChI=1S/C7H13ClN4/c1-4(2)12-6(9)5(8)7(10-3)11-12/h4H,9H2,1-3H3,(H,10,11). The fourth-order valence-corrected chi connectivity index (χ4v) is 1.20. The van der Waals surface area contributed by atoms with E-state index in [0.29, 0.717) is 16.7 Å². The summed E-state index contributed by atoms with van der Waals surface area (Å²) in [5.41, 5.74) is 5.71. The quantitative estimate of drug-likeness (QED) is 0.744. The molecular weight excluding hydrogens is 176 g/mol. The molecule has 0 aliphatic carbocycles. The lowest BCUT2D eigenvalue weighted by Crippen LogP contribution is -2.06. The van der Waals surface area contributed by atoms with Gasteiger partial charge in [0.05, 0.1) is 0 Å². The van der Waals surface area contributed by atoms with Crippen molar-refractivity contribution in [3.8, 4) is 0 Å². The molecule has 0 saturated heterocycles. The van der Waals surface area contributed by atoms with Gasteiger partial charge in [0.2, 0.25) is 0 Å². The number of halogens is 1. The van der Waals surface area contributed by atoms with Crippen LogP contribution in [0.15, 0.2) is 0 Å². The van der Waals surface area contributed by atoms with Crippen molar-refractivity contribution in [2.75, 3.05) is 18.1 Å². The van der Waals surface area contributed by atoms with Gasteiger partial charge in [0.1, 0.15) is 10.8 Å². The molecule has 1 rings (SSSR count). The molecule has 0 radical (unpaired) electrons. The van der Waals surface area contributed by atoms with Gasteiger partial charge in [-0.05, 0) is 13.8 Å². The highest BCUT2D eigenvalue weighted by atomic mass is 35.5. The van der Waals surface area contributed by atoms with E-state index >= 15 is 0 Å². The molecule has 0 amide bonds. The number of nitrogens with one attached hydrogen (secondary N) is 1. The molecule has 0 saturated carbocycles. The molecule has 0 fully saturated rings. The Bertz CT molecular complexity index is 279. The highest BCUT2D eigenvalue weighted by Gasteiger charge is 2.13. The van der Waals surface area contributed by atoms with E-state index in [1.165, 1.54) is 0 Å². The van der Waals surface area contributed by atoms with Crippen molar-refractivity contribution in [3.63, 3.8) is 0 Å². The van der Waals surface area contributed by atoms with Gasteiger partial charge in [0, 0.05) is 13.1 Å². The third-order valence-corrected chi connectivity index (χ3v) is 1.99. The summed E-state index contributed by atoms with van der Waals surface area (Å²) in [5, 5.41) is 7.54. The second-order valence-electron chi connectivity index (χ2n) is 2.84. The predicted molar refractivity (Wildman–Crippen MR) is 51.6 cm³/mol. The molecule has 0 aromatic carbocycles. The molecule has 0 bridgehead atoms. The molecule has 1 aromatic rings. The molecule has 1 heterocycles. The van der Waals surface area contributed by atoms with Crippen molar-refractivity contribution in [3.05, 3.63) is 5.02 Å². The van der Waals surface area contributed by atoms with Crippen LogP contribution in [0.25, 0.3) is 0 Å². The number of nitrogens with zero attached hydrogens (tertiary/aromatic N) is 2. The van der Waals surface area contributed by atoms with Gasteiger partial charge in [-0.15, -0.1) is 0 Å². The molecule has 3 N–H and O–H groups in total. The average Bonchev–Trinajstić information content (AvgIpc) is 2.30. The van der Waals surface area contributed by atoms with Crippen LogP contribution in [-0.2, 0) is 0 Å². The smallest absolute Gasteiger partial charge is 0.168 e. The maximum atomic E-state index is 5.89. The molecule has 12 heavy (non-hydrogen) atoms. The van der Waals surface area contributed by atoms with Crippen molar-refractivity contribution in [2.24, 2.45) is 0 Å². The summed E-state index contributed by atoms with van der Waals surface area (Å²) in [6.07, 6.45) is 0. The van der Waals surface area contributed by atoms with Crippen LogP contribution in [-0.4, -0.2) is 16.8 Å². The van der Waals surface area contributed by atoms with Gasteiger partial charge in [0.25, 0.3) is 0 Å². The summed E-state index contributed by atoms with van der Waals surface area (Å²) < 4.78 is 1.69. The van der Waals surface area contributed by atoms with E-state index in [9.17, 15) is 0 Å². The molecule has 68 valence electrons. The Kier molecular flexibility index (Phi) is 2.47. The number of anilines is 2. The molecule has 1 aromatic heterocycles. The van der Waals surface area contributed by atoms with Crippen LogP contribution in [0.1, 0.15) is 19.9 Å². The van der Waals surface area contributed by atoms with Crippen LogP contribution < -0.4 is 11.1 Å².